The van der Waals surface area contributed by atoms with Crippen LogP contribution in [0.25, 0.3) is 0 Å². The summed E-state index contributed by atoms with van der Waals surface area (Å²) < 4.78 is 32.8. The van der Waals surface area contributed by atoms with E-state index in [1.54, 1.807) is 24.3 Å². The first kappa shape index (κ1) is 30.1. The molecule has 0 radical (unpaired) electrons. The Morgan fingerprint density at radius 2 is 1.38 bits per heavy atom. The predicted octanol–water partition coefficient (Wildman–Crippen LogP) is 2.28. The van der Waals surface area contributed by atoms with Crippen molar-refractivity contribution in [1.29, 1.82) is 0 Å². The lowest BCUT2D eigenvalue weighted by molar-refractivity contribution is -0.288. The minimum atomic E-state index is -1.48. The smallest absolute Gasteiger partial charge is 0.303 e. The molecule has 214 valence electrons. The number of esters is 4. The Labute approximate surface area is 230 Å². The number of hydrogen-bond acceptors (Lipinski definition) is 12. The van der Waals surface area contributed by atoms with Gasteiger partial charge in [0.25, 0.3) is 0 Å². The van der Waals surface area contributed by atoms with Crippen LogP contribution in [0.15, 0.2) is 48.5 Å². The number of phenolic OH excluding ortho intramolecular Hbond substituents is 1. The van der Waals surface area contributed by atoms with E-state index in [1.165, 1.54) is 18.2 Å². The van der Waals surface area contributed by atoms with E-state index in [2.05, 4.69) is 0 Å². The van der Waals surface area contributed by atoms with Gasteiger partial charge in [0, 0.05) is 40.2 Å². The number of ether oxygens (including phenoxy) is 6. The van der Waals surface area contributed by atoms with Gasteiger partial charge in [-0.2, -0.15) is 0 Å². The van der Waals surface area contributed by atoms with Gasteiger partial charge in [0.15, 0.2) is 18.0 Å². The van der Waals surface area contributed by atoms with Crippen LogP contribution >= 0.6 is 0 Å². The molecule has 1 saturated heterocycles. The fraction of sp³-hybridized carbons (Fsp3) is 0.393. The number of ketones is 1. The average molecular weight is 559 g/mol. The van der Waals surface area contributed by atoms with Crippen LogP contribution in [0.3, 0.4) is 0 Å². The van der Waals surface area contributed by atoms with E-state index in [0.29, 0.717) is 0 Å². The van der Waals surface area contributed by atoms with Crippen molar-refractivity contribution in [1.82, 2.24) is 0 Å². The maximum Gasteiger partial charge on any atom is 0.303 e. The van der Waals surface area contributed by atoms with Crippen LogP contribution in [0.5, 0.6) is 11.5 Å². The highest BCUT2D eigenvalue weighted by Crippen LogP contribution is 2.32. The summed E-state index contributed by atoms with van der Waals surface area (Å²) in [5.41, 5.74) is 0.822. The standard InChI is InChI=1S/C28H30O12/c1-15(29)35-14-24-25(36-16(2)30)26(37-17(3)31)27(38-18(4)32)28(40-24)39-20-10-11-21(23(34)13-20)22(33)12-19-8-6-5-7-9-19/h5-11,13,24-28,34H,12,14H2,1-4H3/t24-,25+,26+,27+,28-/m1/s1. The maximum atomic E-state index is 12.7. The molecule has 0 aromatic heterocycles. The monoisotopic (exact) mass is 558 g/mol. The number of aromatic hydroxyl groups is 1. The number of carbonyl (C=O) groups is 5. The first-order valence-electron chi connectivity index (χ1n) is 12.3. The second-order valence-corrected chi connectivity index (χ2v) is 8.95. The molecular weight excluding hydrogens is 528 g/mol. The number of rotatable bonds is 10. The fourth-order valence-electron chi connectivity index (χ4n) is 4.11. The Balaban J connectivity index is 1.91. The van der Waals surface area contributed by atoms with Crippen molar-refractivity contribution in [3.05, 3.63) is 59.7 Å². The first-order chi connectivity index (χ1) is 18.9. The summed E-state index contributed by atoms with van der Waals surface area (Å²) in [5, 5.41) is 10.6. The molecule has 1 aliphatic heterocycles. The van der Waals surface area contributed by atoms with Crippen LogP contribution in [0.4, 0.5) is 0 Å². The molecule has 0 saturated carbocycles. The Bertz CT molecular complexity index is 1240. The van der Waals surface area contributed by atoms with E-state index < -0.39 is 61.2 Å². The second kappa shape index (κ2) is 13.6. The van der Waals surface area contributed by atoms with Crippen molar-refractivity contribution in [3.63, 3.8) is 0 Å². The lowest BCUT2D eigenvalue weighted by Crippen LogP contribution is -2.63. The zero-order valence-corrected chi connectivity index (χ0v) is 22.4. The molecule has 5 atom stereocenters. The van der Waals surface area contributed by atoms with Crippen molar-refractivity contribution >= 4 is 29.7 Å². The Hall–Kier alpha value is -4.45. The summed E-state index contributed by atoms with van der Waals surface area (Å²) in [5.74, 6) is -3.69. The van der Waals surface area contributed by atoms with E-state index in [4.69, 9.17) is 28.4 Å². The van der Waals surface area contributed by atoms with E-state index in [0.717, 1.165) is 33.3 Å². The third-order valence-electron chi connectivity index (χ3n) is 5.68. The van der Waals surface area contributed by atoms with E-state index in [-0.39, 0.29) is 29.3 Å². The van der Waals surface area contributed by atoms with Crippen molar-refractivity contribution < 1.29 is 57.5 Å². The summed E-state index contributed by atoms with van der Waals surface area (Å²) in [6.07, 6.45) is -6.81. The zero-order valence-electron chi connectivity index (χ0n) is 22.4. The van der Waals surface area contributed by atoms with E-state index in [9.17, 15) is 29.1 Å². The highest BCUT2D eigenvalue weighted by atomic mass is 16.7. The first-order valence-corrected chi connectivity index (χ1v) is 12.3. The topological polar surface area (TPSA) is 161 Å². The van der Waals surface area contributed by atoms with Gasteiger partial charge in [-0.15, -0.1) is 0 Å². The Morgan fingerprint density at radius 3 is 1.95 bits per heavy atom. The van der Waals surface area contributed by atoms with Gasteiger partial charge in [0.1, 0.15) is 24.2 Å². The van der Waals surface area contributed by atoms with Gasteiger partial charge < -0.3 is 33.5 Å². The number of phenols is 1. The predicted molar refractivity (Wildman–Crippen MR) is 135 cm³/mol. The highest BCUT2D eigenvalue weighted by Gasteiger charge is 2.53. The van der Waals surface area contributed by atoms with Crippen LogP contribution in [0.1, 0.15) is 43.6 Å². The quantitative estimate of drug-likeness (QED) is 0.258. The molecule has 1 heterocycles. The molecular formula is C28H30O12. The van der Waals surface area contributed by atoms with Crippen molar-refractivity contribution in [2.24, 2.45) is 0 Å². The Morgan fingerprint density at radius 1 is 0.775 bits per heavy atom. The normalized spacial score (nSPS) is 21.9. The van der Waals surface area contributed by atoms with Crippen LogP contribution in [-0.4, -0.2) is 72.1 Å². The molecule has 12 nitrogen and oxygen atoms in total. The highest BCUT2D eigenvalue weighted by molar-refractivity contribution is 6.00. The molecule has 3 rings (SSSR count). The fourth-order valence-corrected chi connectivity index (χ4v) is 4.11. The number of hydrogen-bond donors (Lipinski definition) is 1. The van der Waals surface area contributed by atoms with Crippen molar-refractivity contribution in [2.75, 3.05) is 6.61 Å². The van der Waals surface area contributed by atoms with Gasteiger partial charge in [-0.1, -0.05) is 30.3 Å². The maximum absolute atomic E-state index is 12.7. The lowest BCUT2D eigenvalue weighted by atomic mass is 9.98. The summed E-state index contributed by atoms with van der Waals surface area (Å²) in [6.45, 7) is 4.06. The molecule has 1 N–H and O–H groups in total. The Kier molecular flexibility index (Phi) is 10.2. The van der Waals surface area contributed by atoms with Crippen LogP contribution in [0, 0.1) is 0 Å². The molecule has 2 aromatic carbocycles. The molecule has 1 fully saturated rings. The third-order valence-corrected chi connectivity index (χ3v) is 5.68. The molecule has 0 unspecified atom stereocenters. The summed E-state index contributed by atoms with van der Waals surface area (Å²) >= 11 is 0. The van der Waals surface area contributed by atoms with Gasteiger partial charge in [0.05, 0.1) is 5.56 Å². The van der Waals surface area contributed by atoms with E-state index in [1.807, 2.05) is 6.07 Å². The molecule has 2 aromatic rings. The summed E-state index contributed by atoms with van der Waals surface area (Å²) in [4.78, 5) is 60.0. The molecule has 0 bridgehead atoms. The number of carbonyl (C=O) groups excluding carboxylic acids is 5. The zero-order chi connectivity index (χ0) is 29.4. The lowest BCUT2D eigenvalue weighted by Gasteiger charge is -2.43. The van der Waals surface area contributed by atoms with Gasteiger partial charge in [-0.05, 0) is 17.7 Å². The van der Waals surface area contributed by atoms with Gasteiger partial charge in [-0.25, -0.2) is 0 Å². The third kappa shape index (κ3) is 8.27. The molecule has 0 amide bonds. The van der Waals surface area contributed by atoms with E-state index >= 15 is 0 Å². The largest absolute Gasteiger partial charge is 0.507 e. The van der Waals surface area contributed by atoms with Crippen LogP contribution in [-0.2, 0) is 49.3 Å². The minimum Gasteiger partial charge on any atom is -0.507 e. The number of Topliss-reactive ketones (excluding diaryl/α,β-unsaturated/α-hetero) is 1. The van der Waals surface area contributed by atoms with Gasteiger partial charge in [0.2, 0.25) is 12.4 Å². The molecule has 12 heteroatoms. The van der Waals surface area contributed by atoms with Gasteiger partial charge >= 0.3 is 23.9 Å². The second-order valence-electron chi connectivity index (χ2n) is 8.95. The van der Waals surface area contributed by atoms with Crippen molar-refractivity contribution in [2.45, 2.75) is 64.8 Å². The number of benzene rings is 2. The SMILES string of the molecule is CC(=O)OC[C@H]1O[C@@H](Oc2ccc(C(=O)Cc3ccccc3)c(O)c2)[C@@H](OC(C)=O)[C@@H](OC(C)=O)[C@H]1OC(C)=O. The molecule has 0 aliphatic carbocycles. The van der Waals surface area contributed by atoms with Gasteiger partial charge in [-0.3, -0.25) is 24.0 Å². The molecule has 40 heavy (non-hydrogen) atoms. The molecule has 1 aliphatic rings. The minimum absolute atomic E-state index is 0.00895. The molecule has 0 spiro atoms. The summed E-state index contributed by atoms with van der Waals surface area (Å²) in [7, 11) is 0. The summed E-state index contributed by atoms with van der Waals surface area (Å²) in [6, 6.07) is 12.9. The average Bonchev–Trinajstić information content (AvgIpc) is 2.86. The van der Waals surface area contributed by atoms with Crippen LogP contribution < -0.4 is 4.74 Å². The van der Waals surface area contributed by atoms with Crippen LogP contribution in [0.2, 0.25) is 0 Å². The van der Waals surface area contributed by atoms with Crippen molar-refractivity contribution in [3.8, 4) is 11.5 Å².